The Kier molecular flexibility index (Phi) is 6.05. The summed E-state index contributed by atoms with van der Waals surface area (Å²) in [5.74, 6) is 0.730. The van der Waals surface area contributed by atoms with Gasteiger partial charge in [-0.2, -0.15) is 0 Å². The first kappa shape index (κ1) is 27.1. The van der Waals surface area contributed by atoms with Crippen molar-refractivity contribution >= 4 is 64.2 Å². The molecule has 0 aliphatic carbocycles. The van der Waals surface area contributed by atoms with Crippen LogP contribution >= 0.6 is 11.3 Å². The lowest BCUT2D eigenvalue weighted by molar-refractivity contribution is 1.17. The highest BCUT2D eigenvalue weighted by Gasteiger charge is 2.17. The van der Waals surface area contributed by atoms with Crippen LogP contribution < -0.4 is 0 Å². The maximum Gasteiger partial charge on any atom is 0.160 e. The quantitative estimate of drug-likeness (QED) is 0.194. The third-order valence-corrected chi connectivity index (χ3v) is 10.6. The summed E-state index contributed by atoms with van der Waals surface area (Å²) >= 11 is 1.76. The molecule has 0 aliphatic heterocycles. The number of benzene rings is 7. The van der Waals surface area contributed by atoms with Gasteiger partial charge in [-0.15, -0.1) is 11.3 Å². The van der Waals surface area contributed by atoms with Crippen LogP contribution in [0.2, 0.25) is 0 Å². The Balaban J connectivity index is 1.10. The largest absolute Gasteiger partial charge is 0.309 e. The molecule has 0 aliphatic rings. The van der Waals surface area contributed by atoms with Crippen LogP contribution in [-0.2, 0) is 0 Å². The first-order valence-corrected chi connectivity index (χ1v) is 17.0. The molecule has 10 rings (SSSR count). The highest BCUT2D eigenvalue weighted by atomic mass is 32.1. The van der Waals surface area contributed by atoms with Crippen LogP contribution in [0.4, 0.5) is 0 Å². The molecule has 3 nitrogen and oxygen atoms in total. The van der Waals surface area contributed by atoms with Gasteiger partial charge in [-0.3, -0.25) is 0 Å². The predicted molar refractivity (Wildman–Crippen MR) is 203 cm³/mol. The predicted octanol–water partition coefficient (Wildman–Crippen LogP) is 12.1. The van der Waals surface area contributed by atoms with Crippen molar-refractivity contribution in [3.63, 3.8) is 0 Å². The highest BCUT2D eigenvalue weighted by Crippen LogP contribution is 2.40. The molecule has 0 fully saturated rings. The SMILES string of the molecule is c1ccc2cc(-c3ccc(-c4nc(-c5ccc(-n6c7ccccc7c7ccccc76)cc5)nc5c4sc4ccccc45)cc3)ccc2c1. The smallest absolute Gasteiger partial charge is 0.160 e. The zero-order valence-corrected chi connectivity index (χ0v) is 26.7. The fraction of sp³-hybridized carbons (Fsp3) is 0. The third-order valence-electron chi connectivity index (χ3n) is 9.42. The highest BCUT2D eigenvalue weighted by molar-refractivity contribution is 7.26. The standard InChI is InChI=1S/C44H27N3S/c1-2-10-32-27-33(22-19-28(32)9-1)29-17-20-30(21-18-29)41-43-42(37-13-5-8-16-40(37)48-43)46-44(45-41)31-23-25-34(26-24-31)47-38-14-6-3-11-35(38)36-12-4-7-15-39(36)47/h1-27H. The van der Waals surface area contributed by atoms with E-state index in [1.54, 1.807) is 11.3 Å². The minimum Gasteiger partial charge on any atom is -0.309 e. The van der Waals surface area contributed by atoms with Crippen molar-refractivity contribution < 1.29 is 0 Å². The first-order chi connectivity index (χ1) is 23.8. The molecule has 48 heavy (non-hydrogen) atoms. The van der Waals surface area contributed by atoms with Gasteiger partial charge in [0.05, 0.1) is 26.9 Å². The lowest BCUT2D eigenvalue weighted by atomic mass is 9.99. The fourth-order valence-corrected chi connectivity index (χ4v) is 8.22. The average Bonchev–Trinajstić information content (AvgIpc) is 3.70. The molecule has 0 bridgehead atoms. The molecule has 0 atom stereocenters. The Morgan fingerprint density at radius 2 is 1.02 bits per heavy atom. The minimum atomic E-state index is 0.730. The first-order valence-electron chi connectivity index (χ1n) is 16.2. The van der Waals surface area contributed by atoms with Crippen molar-refractivity contribution in [3.8, 4) is 39.5 Å². The lowest BCUT2D eigenvalue weighted by Gasteiger charge is -2.11. The van der Waals surface area contributed by atoms with Crippen molar-refractivity contribution in [1.82, 2.24) is 14.5 Å². The van der Waals surface area contributed by atoms with E-state index in [2.05, 4.69) is 168 Å². The summed E-state index contributed by atoms with van der Waals surface area (Å²) in [5, 5.41) is 6.17. The summed E-state index contributed by atoms with van der Waals surface area (Å²) in [5.41, 5.74) is 9.95. The molecule has 224 valence electrons. The van der Waals surface area contributed by atoms with E-state index < -0.39 is 0 Å². The van der Waals surface area contributed by atoms with Crippen LogP contribution in [0.25, 0.3) is 92.3 Å². The molecule has 3 heterocycles. The molecule has 0 radical (unpaired) electrons. The van der Waals surface area contributed by atoms with Gasteiger partial charge in [0.15, 0.2) is 5.82 Å². The zero-order valence-electron chi connectivity index (χ0n) is 25.8. The summed E-state index contributed by atoms with van der Waals surface area (Å²) in [4.78, 5) is 10.5. The summed E-state index contributed by atoms with van der Waals surface area (Å²) in [6.45, 7) is 0. The van der Waals surface area contributed by atoms with Gasteiger partial charge in [-0.05, 0) is 70.4 Å². The van der Waals surface area contributed by atoms with E-state index in [0.717, 1.165) is 43.9 Å². The van der Waals surface area contributed by atoms with Gasteiger partial charge in [-0.1, -0.05) is 115 Å². The van der Waals surface area contributed by atoms with Crippen molar-refractivity contribution in [1.29, 1.82) is 0 Å². The number of hydrogen-bond donors (Lipinski definition) is 0. The van der Waals surface area contributed by atoms with E-state index in [0.29, 0.717) is 0 Å². The molecule has 10 aromatic rings. The number of hydrogen-bond acceptors (Lipinski definition) is 3. The number of thiophene rings is 1. The second kappa shape index (κ2) is 10.7. The maximum atomic E-state index is 5.26. The second-order valence-corrected chi connectivity index (χ2v) is 13.3. The van der Waals surface area contributed by atoms with Gasteiger partial charge < -0.3 is 4.57 Å². The van der Waals surface area contributed by atoms with Gasteiger partial charge in [0.2, 0.25) is 0 Å². The number of nitrogens with zero attached hydrogens (tertiary/aromatic N) is 3. The van der Waals surface area contributed by atoms with Crippen LogP contribution in [0.1, 0.15) is 0 Å². The Labute approximate surface area is 281 Å². The van der Waals surface area contributed by atoms with Crippen molar-refractivity contribution in [2.45, 2.75) is 0 Å². The van der Waals surface area contributed by atoms with Gasteiger partial charge in [0.1, 0.15) is 0 Å². The number of fused-ring (bicyclic) bond motifs is 7. The molecular formula is C44H27N3S. The van der Waals surface area contributed by atoms with Gasteiger partial charge in [0.25, 0.3) is 0 Å². The Hall–Kier alpha value is -6.10. The van der Waals surface area contributed by atoms with Crippen LogP contribution in [0.3, 0.4) is 0 Å². The maximum absolute atomic E-state index is 5.26. The lowest BCUT2D eigenvalue weighted by Crippen LogP contribution is -1.96. The number of aromatic nitrogens is 3. The van der Waals surface area contributed by atoms with Crippen molar-refractivity contribution in [2.75, 3.05) is 0 Å². The van der Waals surface area contributed by atoms with Crippen molar-refractivity contribution in [2.24, 2.45) is 0 Å². The normalized spacial score (nSPS) is 11.8. The molecule has 0 amide bonds. The van der Waals surface area contributed by atoms with Gasteiger partial charge in [0, 0.05) is 37.7 Å². The number of rotatable bonds is 4. The Morgan fingerprint density at radius 1 is 0.438 bits per heavy atom. The molecule has 0 unspecified atom stereocenters. The summed E-state index contributed by atoms with van der Waals surface area (Å²) in [6, 6.07) is 58.4. The molecule has 4 heteroatoms. The Morgan fingerprint density at radius 3 is 1.77 bits per heavy atom. The minimum absolute atomic E-state index is 0.730. The number of para-hydroxylation sites is 2. The third kappa shape index (κ3) is 4.27. The van der Waals surface area contributed by atoms with Crippen LogP contribution in [-0.4, -0.2) is 14.5 Å². The topological polar surface area (TPSA) is 30.7 Å². The summed E-state index contributed by atoms with van der Waals surface area (Å²) in [6.07, 6.45) is 0. The zero-order chi connectivity index (χ0) is 31.6. The molecule has 3 aromatic heterocycles. The fourth-order valence-electron chi connectivity index (χ4n) is 7.07. The Bertz CT molecular complexity index is 2770. The molecular weight excluding hydrogens is 603 g/mol. The van der Waals surface area contributed by atoms with E-state index >= 15 is 0 Å². The second-order valence-electron chi connectivity index (χ2n) is 12.2. The molecule has 0 saturated heterocycles. The average molecular weight is 630 g/mol. The van der Waals surface area contributed by atoms with E-state index in [1.807, 2.05) is 0 Å². The van der Waals surface area contributed by atoms with Crippen LogP contribution in [0.15, 0.2) is 164 Å². The molecule has 0 N–H and O–H groups in total. The van der Waals surface area contributed by atoms with Gasteiger partial charge in [-0.25, -0.2) is 9.97 Å². The van der Waals surface area contributed by atoms with Crippen LogP contribution in [0, 0.1) is 0 Å². The van der Waals surface area contributed by atoms with E-state index in [9.17, 15) is 0 Å². The molecule has 7 aromatic carbocycles. The summed E-state index contributed by atoms with van der Waals surface area (Å²) in [7, 11) is 0. The van der Waals surface area contributed by atoms with E-state index in [1.165, 1.54) is 48.4 Å². The van der Waals surface area contributed by atoms with Crippen LogP contribution in [0.5, 0.6) is 0 Å². The molecule has 0 saturated carbocycles. The van der Waals surface area contributed by atoms with E-state index in [4.69, 9.17) is 9.97 Å². The van der Waals surface area contributed by atoms with Gasteiger partial charge >= 0.3 is 0 Å². The monoisotopic (exact) mass is 629 g/mol. The molecule has 0 spiro atoms. The van der Waals surface area contributed by atoms with E-state index in [-0.39, 0.29) is 0 Å². The summed E-state index contributed by atoms with van der Waals surface area (Å²) < 4.78 is 4.67. The van der Waals surface area contributed by atoms with Crippen molar-refractivity contribution in [3.05, 3.63) is 164 Å².